The average Bonchev–Trinajstić information content (AvgIpc) is 3.14. The first-order valence-electron chi connectivity index (χ1n) is 8.52. The largest absolute Gasteiger partial charge is 0.495 e. The van der Waals surface area contributed by atoms with Crippen LogP contribution in [-0.4, -0.2) is 31.4 Å². The lowest BCUT2D eigenvalue weighted by molar-refractivity contribution is 0.0976. The Hall–Kier alpha value is -2.55. The second-order valence-electron chi connectivity index (χ2n) is 5.95. The van der Waals surface area contributed by atoms with E-state index in [1.54, 1.807) is 24.3 Å². The first-order chi connectivity index (χ1) is 13.8. The van der Waals surface area contributed by atoms with Crippen molar-refractivity contribution in [3.63, 3.8) is 0 Å². The van der Waals surface area contributed by atoms with E-state index in [9.17, 15) is 13.2 Å². The molecule has 0 bridgehead atoms. The number of aryl methyl sites for hydroxylation is 1. The lowest BCUT2D eigenvalue weighted by Gasteiger charge is -2.10. The number of imidazole rings is 1. The smallest absolute Gasteiger partial charge is 0.285 e. The van der Waals surface area contributed by atoms with Gasteiger partial charge in [0.05, 0.1) is 17.2 Å². The van der Waals surface area contributed by atoms with Crippen LogP contribution >= 0.6 is 23.2 Å². The molecule has 0 atom stereocenters. The highest BCUT2D eigenvalue weighted by molar-refractivity contribution is 7.90. The van der Waals surface area contributed by atoms with E-state index in [4.69, 9.17) is 27.9 Å². The predicted octanol–water partition coefficient (Wildman–Crippen LogP) is 4.07. The molecule has 10 heteroatoms. The number of rotatable bonds is 6. The molecule has 0 spiro atoms. The number of sulfonamides is 1. The van der Waals surface area contributed by atoms with Crippen molar-refractivity contribution in [3.8, 4) is 17.1 Å². The van der Waals surface area contributed by atoms with E-state index in [-0.39, 0.29) is 21.4 Å². The zero-order chi connectivity index (χ0) is 21.2. The number of ether oxygens (including phenoxy) is 1. The van der Waals surface area contributed by atoms with Crippen LogP contribution < -0.4 is 9.46 Å². The van der Waals surface area contributed by atoms with Crippen LogP contribution in [0.2, 0.25) is 10.0 Å². The zero-order valence-electron chi connectivity index (χ0n) is 15.5. The highest BCUT2D eigenvalue weighted by Gasteiger charge is 2.26. The van der Waals surface area contributed by atoms with Crippen molar-refractivity contribution in [2.75, 3.05) is 7.11 Å². The van der Waals surface area contributed by atoms with Gasteiger partial charge in [0, 0.05) is 11.3 Å². The van der Waals surface area contributed by atoms with Crippen molar-refractivity contribution >= 4 is 39.1 Å². The number of carbonyl (C=O) groups excluding carboxylic acids is 1. The van der Waals surface area contributed by atoms with Gasteiger partial charge in [-0.05, 0) is 30.7 Å². The van der Waals surface area contributed by atoms with E-state index in [0.29, 0.717) is 28.5 Å². The van der Waals surface area contributed by atoms with E-state index >= 15 is 0 Å². The Morgan fingerprint density at radius 2 is 1.90 bits per heavy atom. The van der Waals surface area contributed by atoms with Crippen LogP contribution in [-0.2, 0) is 16.4 Å². The SMILES string of the molecule is CCc1[nH]c(-c2cccc(Cl)c2Cl)nc1C(=O)NS(=O)(=O)c1ccccc1OC. The summed E-state index contributed by atoms with van der Waals surface area (Å²) >= 11 is 12.3. The third-order valence-electron chi connectivity index (χ3n) is 4.14. The molecule has 0 saturated heterocycles. The molecule has 1 heterocycles. The van der Waals surface area contributed by atoms with Gasteiger partial charge in [0.2, 0.25) is 0 Å². The van der Waals surface area contributed by atoms with Crippen molar-refractivity contribution in [3.05, 3.63) is 63.9 Å². The highest BCUT2D eigenvalue weighted by Crippen LogP contribution is 2.32. The molecule has 152 valence electrons. The van der Waals surface area contributed by atoms with Gasteiger partial charge in [0.15, 0.2) is 5.69 Å². The Labute approximate surface area is 178 Å². The van der Waals surface area contributed by atoms with E-state index in [0.717, 1.165) is 0 Å². The summed E-state index contributed by atoms with van der Waals surface area (Å²) in [5.41, 5.74) is 0.918. The number of halogens is 2. The number of aromatic nitrogens is 2. The third kappa shape index (κ3) is 4.24. The fraction of sp³-hybridized carbons (Fsp3) is 0.158. The number of carbonyl (C=O) groups is 1. The molecule has 0 aliphatic heterocycles. The molecule has 0 aliphatic carbocycles. The second-order valence-corrected chi connectivity index (χ2v) is 8.39. The van der Waals surface area contributed by atoms with Gasteiger partial charge in [0.1, 0.15) is 16.5 Å². The lowest BCUT2D eigenvalue weighted by Crippen LogP contribution is -2.31. The molecule has 0 radical (unpaired) electrons. The van der Waals surface area contributed by atoms with Gasteiger partial charge in [-0.25, -0.2) is 18.1 Å². The summed E-state index contributed by atoms with van der Waals surface area (Å²) in [6.07, 6.45) is 0.419. The van der Waals surface area contributed by atoms with Gasteiger partial charge in [-0.2, -0.15) is 0 Å². The predicted molar refractivity (Wildman–Crippen MR) is 111 cm³/mol. The van der Waals surface area contributed by atoms with Crippen molar-refractivity contribution in [1.82, 2.24) is 14.7 Å². The van der Waals surface area contributed by atoms with E-state index < -0.39 is 15.9 Å². The Kier molecular flexibility index (Phi) is 6.16. The number of hydrogen-bond donors (Lipinski definition) is 2. The summed E-state index contributed by atoms with van der Waals surface area (Å²) in [5.74, 6) is -0.431. The average molecular weight is 454 g/mol. The van der Waals surface area contributed by atoms with E-state index in [1.807, 2.05) is 11.6 Å². The van der Waals surface area contributed by atoms with Crippen molar-refractivity contribution in [2.45, 2.75) is 18.2 Å². The first-order valence-corrected chi connectivity index (χ1v) is 10.8. The van der Waals surface area contributed by atoms with Crippen LogP contribution in [0.4, 0.5) is 0 Å². The molecular weight excluding hydrogens is 437 g/mol. The lowest BCUT2D eigenvalue weighted by atomic mass is 10.2. The number of para-hydroxylation sites is 1. The van der Waals surface area contributed by atoms with Crippen LogP contribution in [0.25, 0.3) is 11.4 Å². The minimum absolute atomic E-state index is 0.0444. The van der Waals surface area contributed by atoms with Gasteiger partial charge in [0.25, 0.3) is 15.9 Å². The fourth-order valence-electron chi connectivity index (χ4n) is 2.73. The molecule has 0 aliphatic rings. The second kappa shape index (κ2) is 8.44. The van der Waals surface area contributed by atoms with Crippen LogP contribution in [0.1, 0.15) is 23.1 Å². The zero-order valence-corrected chi connectivity index (χ0v) is 17.8. The number of hydrogen-bond acceptors (Lipinski definition) is 5. The Morgan fingerprint density at radius 1 is 1.17 bits per heavy atom. The number of benzene rings is 2. The van der Waals surface area contributed by atoms with Gasteiger partial charge in [-0.1, -0.05) is 48.3 Å². The summed E-state index contributed by atoms with van der Waals surface area (Å²) in [4.78, 5) is 19.9. The van der Waals surface area contributed by atoms with Crippen molar-refractivity contribution in [1.29, 1.82) is 0 Å². The first kappa shape index (κ1) is 21.2. The van der Waals surface area contributed by atoms with Gasteiger partial charge >= 0.3 is 0 Å². The third-order valence-corrected chi connectivity index (χ3v) is 6.33. The normalized spacial score (nSPS) is 11.3. The molecule has 1 aromatic heterocycles. The molecule has 3 rings (SSSR count). The maximum Gasteiger partial charge on any atom is 0.285 e. The Balaban J connectivity index is 1.97. The molecule has 0 unspecified atom stereocenters. The summed E-state index contributed by atoms with van der Waals surface area (Å²) in [6.45, 7) is 1.81. The molecule has 29 heavy (non-hydrogen) atoms. The number of aromatic amines is 1. The number of nitrogens with zero attached hydrogens (tertiary/aromatic N) is 1. The van der Waals surface area contributed by atoms with Crippen LogP contribution in [0.15, 0.2) is 47.4 Å². The fourth-order valence-corrected chi connectivity index (χ4v) is 4.25. The summed E-state index contributed by atoms with van der Waals surface area (Å²) in [6, 6.07) is 11.0. The number of amides is 1. The van der Waals surface area contributed by atoms with E-state index in [1.165, 1.54) is 25.3 Å². The Morgan fingerprint density at radius 3 is 2.59 bits per heavy atom. The number of H-pyrrole nitrogens is 1. The minimum atomic E-state index is -4.17. The monoisotopic (exact) mass is 453 g/mol. The molecule has 2 aromatic carbocycles. The molecular formula is C19H17Cl2N3O4S. The number of nitrogens with one attached hydrogen (secondary N) is 2. The van der Waals surface area contributed by atoms with Gasteiger partial charge in [-0.3, -0.25) is 4.79 Å². The molecule has 3 aromatic rings. The van der Waals surface area contributed by atoms with Gasteiger partial charge < -0.3 is 9.72 Å². The summed E-state index contributed by atoms with van der Waals surface area (Å²) < 4.78 is 32.5. The quantitative estimate of drug-likeness (QED) is 0.585. The van der Waals surface area contributed by atoms with E-state index in [2.05, 4.69) is 9.97 Å². The minimum Gasteiger partial charge on any atom is -0.495 e. The van der Waals surface area contributed by atoms with Crippen molar-refractivity contribution in [2.24, 2.45) is 0 Å². The summed E-state index contributed by atoms with van der Waals surface area (Å²) in [5, 5.41) is 0.613. The molecule has 0 saturated carbocycles. The van der Waals surface area contributed by atoms with Crippen LogP contribution in [0.5, 0.6) is 5.75 Å². The standard InChI is InChI=1S/C19H17Cl2N3O4S/c1-3-13-17(23-18(22-13)11-7-6-8-12(20)16(11)21)19(25)24-29(26,27)15-10-5-4-9-14(15)28-2/h4-10H,3H2,1-2H3,(H,22,23)(H,24,25). The number of methoxy groups -OCH3 is 1. The molecule has 2 N–H and O–H groups in total. The molecule has 7 nitrogen and oxygen atoms in total. The topological polar surface area (TPSA) is 101 Å². The maximum absolute atomic E-state index is 12.7. The van der Waals surface area contributed by atoms with Gasteiger partial charge in [-0.15, -0.1) is 0 Å². The summed E-state index contributed by atoms with van der Waals surface area (Å²) in [7, 11) is -2.82. The highest BCUT2D eigenvalue weighted by atomic mass is 35.5. The van der Waals surface area contributed by atoms with Crippen LogP contribution in [0.3, 0.4) is 0 Å². The molecule has 0 fully saturated rings. The maximum atomic E-state index is 12.7. The van der Waals surface area contributed by atoms with Crippen LogP contribution in [0, 0.1) is 0 Å². The molecule has 1 amide bonds. The Bertz CT molecular complexity index is 1180. The van der Waals surface area contributed by atoms with Crippen molar-refractivity contribution < 1.29 is 17.9 Å².